The van der Waals surface area contributed by atoms with Gasteiger partial charge in [-0.05, 0) is 51.3 Å². The maximum Gasteiger partial charge on any atom is 0.137 e. The second-order valence-electron chi connectivity index (χ2n) is 7.28. The standard InChI is InChI=1S/C22H31N2P/c1-15(2)25(16(3)4)24-22(20-11-9-8-10-12-20)23-21-18(6)13-17(5)14-19(21)7/h8-16H,1-7H3,(H,23,24). The smallest absolute Gasteiger partial charge is 0.137 e. The highest BCUT2D eigenvalue weighted by Crippen LogP contribution is 2.42. The van der Waals surface area contributed by atoms with Crippen molar-refractivity contribution in [1.82, 2.24) is 5.09 Å². The summed E-state index contributed by atoms with van der Waals surface area (Å²) in [6, 6.07) is 14.9. The number of aliphatic imine (C=N–C) groups is 1. The molecular formula is C22H31N2P. The van der Waals surface area contributed by atoms with E-state index in [1.807, 2.05) is 0 Å². The number of rotatable bonds is 5. The topological polar surface area (TPSA) is 24.4 Å². The summed E-state index contributed by atoms with van der Waals surface area (Å²) in [4.78, 5) is 5.10. The molecule has 0 radical (unpaired) electrons. The molecule has 2 aromatic rings. The lowest BCUT2D eigenvalue weighted by Crippen LogP contribution is -2.26. The van der Waals surface area contributed by atoms with Crippen molar-refractivity contribution >= 4 is 19.6 Å². The van der Waals surface area contributed by atoms with E-state index in [1.165, 1.54) is 16.7 Å². The molecule has 0 fully saturated rings. The van der Waals surface area contributed by atoms with Crippen molar-refractivity contribution in [2.45, 2.75) is 59.8 Å². The first-order chi connectivity index (χ1) is 11.8. The van der Waals surface area contributed by atoms with E-state index < -0.39 is 0 Å². The number of hydrogen-bond acceptors (Lipinski definition) is 1. The summed E-state index contributed by atoms with van der Waals surface area (Å²) in [5.74, 6) is 0.990. The van der Waals surface area contributed by atoms with E-state index >= 15 is 0 Å². The number of benzene rings is 2. The monoisotopic (exact) mass is 354 g/mol. The Morgan fingerprint density at radius 1 is 0.880 bits per heavy atom. The van der Waals surface area contributed by atoms with Crippen LogP contribution < -0.4 is 5.09 Å². The number of nitrogens with zero attached hydrogens (tertiary/aromatic N) is 1. The fourth-order valence-electron chi connectivity index (χ4n) is 3.19. The lowest BCUT2D eigenvalue weighted by Gasteiger charge is -2.28. The molecule has 2 rings (SSSR count). The molecule has 0 aliphatic rings. The molecule has 0 saturated heterocycles. The van der Waals surface area contributed by atoms with Gasteiger partial charge in [0.1, 0.15) is 5.84 Å². The molecule has 1 N–H and O–H groups in total. The van der Waals surface area contributed by atoms with E-state index in [2.05, 4.69) is 96.0 Å². The zero-order valence-electron chi connectivity index (χ0n) is 16.6. The van der Waals surface area contributed by atoms with E-state index in [4.69, 9.17) is 4.99 Å². The Balaban J connectivity index is 2.53. The fraction of sp³-hybridized carbons (Fsp3) is 0.409. The van der Waals surface area contributed by atoms with Gasteiger partial charge in [0.15, 0.2) is 0 Å². The number of hydrogen-bond donors (Lipinski definition) is 1. The molecule has 3 heteroatoms. The Kier molecular flexibility index (Phi) is 6.79. The first kappa shape index (κ1) is 19.7. The summed E-state index contributed by atoms with van der Waals surface area (Å²) in [7, 11) is -0.344. The first-order valence-corrected chi connectivity index (χ1v) is 10.5. The Labute approximate surface area is 154 Å². The van der Waals surface area contributed by atoms with Crippen LogP contribution in [0, 0.1) is 20.8 Å². The van der Waals surface area contributed by atoms with Crippen molar-refractivity contribution in [2.75, 3.05) is 0 Å². The third-order valence-corrected chi connectivity index (χ3v) is 6.95. The Bertz CT molecular complexity index is 702. The maximum absolute atomic E-state index is 5.10. The van der Waals surface area contributed by atoms with E-state index in [-0.39, 0.29) is 8.07 Å². The van der Waals surface area contributed by atoms with Crippen molar-refractivity contribution in [1.29, 1.82) is 0 Å². The molecule has 0 amide bonds. The third kappa shape index (κ3) is 5.16. The van der Waals surface area contributed by atoms with Crippen LogP contribution in [-0.2, 0) is 0 Å². The van der Waals surface area contributed by atoms with Gasteiger partial charge < -0.3 is 5.09 Å². The van der Waals surface area contributed by atoms with Crippen molar-refractivity contribution in [3.63, 3.8) is 0 Å². The van der Waals surface area contributed by atoms with Crippen molar-refractivity contribution in [3.05, 3.63) is 64.7 Å². The van der Waals surface area contributed by atoms with Crippen LogP contribution in [-0.4, -0.2) is 17.2 Å². The van der Waals surface area contributed by atoms with E-state index in [0.717, 1.165) is 17.1 Å². The van der Waals surface area contributed by atoms with E-state index in [1.54, 1.807) is 0 Å². The average Bonchev–Trinajstić information content (AvgIpc) is 2.53. The van der Waals surface area contributed by atoms with Gasteiger partial charge in [0.25, 0.3) is 0 Å². The number of aryl methyl sites for hydroxylation is 3. The molecule has 134 valence electrons. The predicted molar refractivity (Wildman–Crippen MR) is 114 cm³/mol. The molecule has 0 unspecified atom stereocenters. The van der Waals surface area contributed by atoms with Crippen LogP contribution in [0.4, 0.5) is 5.69 Å². The van der Waals surface area contributed by atoms with E-state index in [9.17, 15) is 0 Å². The zero-order chi connectivity index (χ0) is 18.6. The maximum atomic E-state index is 5.10. The lowest BCUT2D eigenvalue weighted by molar-refractivity contribution is 0.990. The summed E-state index contributed by atoms with van der Waals surface area (Å²) in [5.41, 5.74) is 7.18. The molecule has 0 aliphatic carbocycles. The van der Waals surface area contributed by atoms with Crippen LogP contribution in [0.2, 0.25) is 0 Å². The van der Waals surface area contributed by atoms with Gasteiger partial charge in [-0.3, -0.25) is 0 Å². The quantitative estimate of drug-likeness (QED) is 0.370. The van der Waals surface area contributed by atoms with Crippen LogP contribution >= 0.6 is 8.07 Å². The van der Waals surface area contributed by atoms with Crippen LogP contribution in [0.25, 0.3) is 0 Å². The summed E-state index contributed by atoms with van der Waals surface area (Å²) < 4.78 is 0. The Morgan fingerprint density at radius 3 is 1.88 bits per heavy atom. The SMILES string of the molecule is Cc1cc(C)c(N=C(NP(C(C)C)C(C)C)c2ccccc2)c(C)c1. The second kappa shape index (κ2) is 8.63. The van der Waals surface area contributed by atoms with Crippen molar-refractivity contribution < 1.29 is 0 Å². The van der Waals surface area contributed by atoms with Gasteiger partial charge in [0.2, 0.25) is 0 Å². The molecule has 0 aliphatic heterocycles. The minimum Gasteiger partial charge on any atom is -0.348 e. The van der Waals surface area contributed by atoms with Gasteiger partial charge >= 0.3 is 0 Å². The highest BCUT2D eigenvalue weighted by molar-refractivity contribution is 7.57. The minimum absolute atomic E-state index is 0.344. The molecule has 0 heterocycles. The van der Waals surface area contributed by atoms with Gasteiger partial charge in [-0.15, -0.1) is 0 Å². The van der Waals surface area contributed by atoms with Crippen LogP contribution in [0.3, 0.4) is 0 Å². The van der Waals surface area contributed by atoms with Gasteiger partial charge in [0.05, 0.1) is 5.69 Å². The molecule has 0 bridgehead atoms. The third-order valence-electron chi connectivity index (χ3n) is 4.25. The molecule has 0 atom stereocenters. The summed E-state index contributed by atoms with van der Waals surface area (Å²) in [6.07, 6.45) is 0. The average molecular weight is 354 g/mol. The predicted octanol–water partition coefficient (Wildman–Crippen LogP) is 6.49. The zero-order valence-corrected chi connectivity index (χ0v) is 17.5. The molecule has 0 aromatic heterocycles. The van der Waals surface area contributed by atoms with Gasteiger partial charge in [0, 0.05) is 5.56 Å². The van der Waals surface area contributed by atoms with E-state index in [0.29, 0.717) is 11.3 Å². The molecule has 0 spiro atoms. The van der Waals surface area contributed by atoms with Gasteiger partial charge in [-0.2, -0.15) is 0 Å². The fourth-order valence-corrected chi connectivity index (χ4v) is 5.32. The normalized spacial score (nSPS) is 12.3. The molecule has 25 heavy (non-hydrogen) atoms. The van der Waals surface area contributed by atoms with Gasteiger partial charge in [-0.1, -0.05) is 75.7 Å². The second-order valence-corrected chi connectivity index (χ2v) is 10.4. The van der Waals surface area contributed by atoms with Crippen LogP contribution in [0.1, 0.15) is 49.9 Å². The molecule has 0 saturated carbocycles. The number of nitrogens with one attached hydrogen (secondary N) is 1. The highest BCUT2D eigenvalue weighted by atomic mass is 31.1. The van der Waals surface area contributed by atoms with Crippen molar-refractivity contribution in [3.8, 4) is 0 Å². The molecular weight excluding hydrogens is 323 g/mol. The Morgan fingerprint density at radius 2 is 1.40 bits per heavy atom. The largest absolute Gasteiger partial charge is 0.348 e. The van der Waals surface area contributed by atoms with Crippen LogP contribution in [0.5, 0.6) is 0 Å². The van der Waals surface area contributed by atoms with Gasteiger partial charge in [-0.25, -0.2) is 4.99 Å². The first-order valence-electron chi connectivity index (χ1n) is 9.06. The lowest BCUT2D eigenvalue weighted by atomic mass is 10.1. The number of amidine groups is 1. The highest BCUT2D eigenvalue weighted by Gasteiger charge is 2.19. The Hall–Kier alpha value is -1.66. The molecule has 2 aromatic carbocycles. The molecule has 2 nitrogen and oxygen atoms in total. The van der Waals surface area contributed by atoms with Crippen molar-refractivity contribution in [2.24, 2.45) is 4.99 Å². The summed E-state index contributed by atoms with van der Waals surface area (Å²) in [5, 5.41) is 3.80. The summed E-state index contributed by atoms with van der Waals surface area (Å²) in [6.45, 7) is 15.6. The van der Waals surface area contributed by atoms with Crippen LogP contribution in [0.15, 0.2) is 47.5 Å². The summed E-state index contributed by atoms with van der Waals surface area (Å²) >= 11 is 0. The minimum atomic E-state index is -0.344.